The average Bonchev–Trinajstić information content (AvgIpc) is 2.75. The number of hydrogen-bond donors (Lipinski definition) is 0. The van der Waals surface area contributed by atoms with Crippen LogP contribution in [0.1, 0.15) is 40.7 Å². The minimum absolute atomic E-state index is 0.141. The summed E-state index contributed by atoms with van der Waals surface area (Å²) in [7, 11) is 0. The van der Waals surface area contributed by atoms with Gasteiger partial charge in [-0.2, -0.15) is 0 Å². The molecule has 3 heterocycles. The Bertz CT molecular complexity index is 791. The van der Waals surface area contributed by atoms with Crippen LogP contribution in [0.5, 0.6) is 0 Å². The monoisotopic (exact) mass is 378 g/mol. The van der Waals surface area contributed by atoms with E-state index in [2.05, 4.69) is 39.9 Å². The van der Waals surface area contributed by atoms with Crippen LogP contribution in [0.25, 0.3) is 0 Å². The van der Waals surface area contributed by atoms with Crippen molar-refractivity contribution in [2.45, 2.75) is 32.7 Å². The van der Waals surface area contributed by atoms with Gasteiger partial charge in [-0.1, -0.05) is 24.6 Å². The summed E-state index contributed by atoms with van der Waals surface area (Å²) < 4.78 is 0. The van der Waals surface area contributed by atoms with Crippen molar-refractivity contribution in [1.29, 1.82) is 0 Å². The van der Waals surface area contributed by atoms with Crippen molar-refractivity contribution < 1.29 is 4.79 Å². The number of anilines is 1. The highest BCUT2D eigenvalue weighted by molar-refractivity contribution is 5.94. The van der Waals surface area contributed by atoms with Crippen LogP contribution in [0, 0.1) is 6.92 Å². The average molecular weight is 379 g/mol. The van der Waals surface area contributed by atoms with E-state index in [1.165, 1.54) is 43.5 Å². The number of carbonyl (C=O) groups is 1. The standard InChI is InChI=1S/C23H30N4O/c1-19-6-5-11-24-22(19)26-14-16-27(17-15-26)23(28)21-9-7-20(8-10-21)18-25-12-3-2-4-13-25/h5-11H,2-4,12-18H2,1H3. The molecule has 0 spiro atoms. The van der Waals surface area contributed by atoms with Crippen LogP contribution < -0.4 is 4.90 Å². The number of nitrogens with zero attached hydrogens (tertiary/aromatic N) is 4. The Balaban J connectivity index is 1.33. The van der Waals surface area contributed by atoms with Crippen LogP contribution in [0.2, 0.25) is 0 Å². The molecule has 2 aliphatic heterocycles. The molecule has 2 fully saturated rings. The predicted octanol–water partition coefficient (Wildman–Crippen LogP) is 3.34. The van der Waals surface area contributed by atoms with Crippen molar-refractivity contribution >= 4 is 11.7 Å². The zero-order valence-corrected chi connectivity index (χ0v) is 16.8. The number of piperidine rings is 1. The van der Waals surface area contributed by atoms with E-state index in [0.717, 1.165) is 44.1 Å². The summed E-state index contributed by atoms with van der Waals surface area (Å²) in [6.07, 6.45) is 5.81. The fraction of sp³-hybridized carbons (Fsp3) is 0.478. The molecule has 0 aliphatic carbocycles. The summed E-state index contributed by atoms with van der Waals surface area (Å²) in [5.74, 6) is 1.18. The van der Waals surface area contributed by atoms with E-state index in [1.54, 1.807) is 0 Å². The number of carbonyl (C=O) groups excluding carboxylic acids is 1. The van der Waals surface area contributed by atoms with Gasteiger partial charge in [-0.3, -0.25) is 9.69 Å². The molecule has 0 atom stereocenters. The van der Waals surface area contributed by atoms with E-state index in [4.69, 9.17) is 0 Å². The van der Waals surface area contributed by atoms with Crippen LogP contribution in [0.15, 0.2) is 42.6 Å². The van der Waals surface area contributed by atoms with Crippen molar-refractivity contribution in [1.82, 2.24) is 14.8 Å². The van der Waals surface area contributed by atoms with Crippen LogP contribution in [-0.2, 0) is 6.54 Å². The summed E-state index contributed by atoms with van der Waals surface area (Å²) >= 11 is 0. The molecule has 148 valence electrons. The van der Waals surface area contributed by atoms with Crippen molar-refractivity contribution in [2.24, 2.45) is 0 Å². The van der Waals surface area contributed by atoms with Gasteiger partial charge in [0.05, 0.1) is 0 Å². The summed E-state index contributed by atoms with van der Waals surface area (Å²) in [5.41, 5.74) is 3.28. The maximum absolute atomic E-state index is 12.9. The Morgan fingerprint density at radius 3 is 2.32 bits per heavy atom. The van der Waals surface area contributed by atoms with Crippen LogP contribution >= 0.6 is 0 Å². The molecule has 0 N–H and O–H groups in total. The highest BCUT2D eigenvalue weighted by Crippen LogP contribution is 2.19. The van der Waals surface area contributed by atoms with Crippen molar-refractivity contribution in [2.75, 3.05) is 44.2 Å². The molecule has 1 aromatic heterocycles. The lowest BCUT2D eigenvalue weighted by atomic mass is 10.1. The van der Waals surface area contributed by atoms with Crippen LogP contribution in [0.4, 0.5) is 5.82 Å². The first-order valence-corrected chi connectivity index (χ1v) is 10.5. The molecule has 2 saturated heterocycles. The summed E-state index contributed by atoms with van der Waals surface area (Å²) in [5, 5.41) is 0. The molecule has 0 radical (unpaired) electrons. The van der Waals surface area contributed by atoms with Gasteiger partial charge in [0.15, 0.2) is 0 Å². The van der Waals surface area contributed by atoms with Gasteiger partial charge in [-0.15, -0.1) is 0 Å². The molecule has 0 bridgehead atoms. The molecule has 0 unspecified atom stereocenters. The fourth-order valence-corrected chi connectivity index (χ4v) is 4.24. The Kier molecular flexibility index (Phi) is 5.91. The molecule has 5 nitrogen and oxygen atoms in total. The maximum atomic E-state index is 12.9. The number of likely N-dealkylation sites (tertiary alicyclic amines) is 1. The van der Waals surface area contributed by atoms with E-state index in [0.29, 0.717) is 0 Å². The van der Waals surface area contributed by atoms with Gasteiger partial charge in [0, 0.05) is 44.5 Å². The molecular formula is C23H30N4O. The SMILES string of the molecule is Cc1cccnc1N1CCN(C(=O)c2ccc(CN3CCCCC3)cc2)CC1. The lowest BCUT2D eigenvalue weighted by molar-refractivity contribution is 0.0746. The third-order valence-corrected chi connectivity index (χ3v) is 5.90. The van der Waals surface area contributed by atoms with Gasteiger partial charge in [-0.05, 0) is 62.2 Å². The second-order valence-corrected chi connectivity index (χ2v) is 7.96. The summed E-state index contributed by atoms with van der Waals surface area (Å²) in [4.78, 5) is 24.2. The molecule has 28 heavy (non-hydrogen) atoms. The molecule has 0 saturated carbocycles. The van der Waals surface area contributed by atoms with E-state index in [9.17, 15) is 4.79 Å². The second kappa shape index (κ2) is 8.74. The lowest BCUT2D eigenvalue weighted by Crippen LogP contribution is -2.49. The van der Waals surface area contributed by atoms with E-state index in [-0.39, 0.29) is 5.91 Å². The number of hydrogen-bond acceptors (Lipinski definition) is 4. The molecular weight excluding hydrogens is 348 g/mol. The Labute approximate surface area is 168 Å². The van der Waals surface area contributed by atoms with Gasteiger partial charge in [0.25, 0.3) is 5.91 Å². The van der Waals surface area contributed by atoms with Crippen molar-refractivity contribution in [3.8, 4) is 0 Å². The van der Waals surface area contributed by atoms with E-state index >= 15 is 0 Å². The first-order chi connectivity index (χ1) is 13.7. The minimum atomic E-state index is 0.141. The third kappa shape index (κ3) is 4.36. The number of rotatable bonds is 4. The first kappa shape index (κ1) is 18.9. The molecule has 5 heteroatoms. The predicted molar refractivity (Wildman–Crippen MR) is 113 cm³/mol. The van der Waals surface area contributed by atoms with Crippen LogP contribution in [-0.4, -0.2) is 60.0 Å². The number of aromatic nitrogens is 1. The van der Waals surface area contributed by atoms with Crippen LogP contribution in [0.3, 0.4) is 0 Å². The van der Waals surface area contributed by atoms with E-state index < -0.39 is 0 Å². The topological polar surface area (TPSA) is 39.7 Å². The molecule has 4 rings (SSSR count). The smallest absolute Gasteiger partial charge is 0.253 e. The summed E-state index contributed by atoms with van der Waals surface area (Å²) in [6, 6.07) is 12.3. The maximum Gasteiger partial charge on any atom is 0.253 e. The lowest BCUT2D eigenvalue weighted by Gasteiger charge is -2.36. The first-order valence-electron chi connectivity index (χ1n) is 10.5. The third-order valence-electron chi connectivity index (χ3n) is 5.90. The van der Waals surface area contributed by atoms with Gasteiger partial charge in [-0.25, -0.2) is 4.98 Å². The number of piperazine rings is 1. The van der Waals surface area contributed by atoms with E-state index in [1.807, 2.05) is 29.3 Å². The largest absolute Gasteiger partial charge is 0.353 e. The zero-order valence-electron chi connectivity index (χ0n) is 16.8. The van der Waals surface area contributed by atoms with Gasteiger partial charge in [0.2, 0.25) is 0 Å². The zero-order chi connectivity index (χ0) is 19.3. The Morgan fingerprint density at radius 1 is 0.929 bits per heavy atom. The summed E-state index contributed by atoms with van der Waals surface area (Å²) in [6.45, 7) is 8.62. The second-order valence-electron chi connectivity index (χ2n) is 7.96. The van der Waals surface area contributed by atoms with Gasteiger partial charge >= 0.3 is 0 Å². The minimum Gasteiger partial charge on any atom is -0.353 e. The Hall–Kier alpha value is -2.40. The number of benzene rings is 1. The Morgan fingerprint density at radius 2 is 1.64 bits per heavy atom. The van der Waals surface area contributed by atoms with Crippen molar-refractivity contribution in [3.63, 3.8) is 0 Å². The number of pyridine rings is 1. The highest BCUT2D eigenvalue weighted by Gasteiger charge is 2.23. The quantitative estimate of drug-likeness (QED) is 0.818. The molecule has 2 aromatic rings. The number of amides is 1. The molecule has 1 amide bonds. The highest BCUT2D eigenvalue weighted by atomic mass is 16.2. The molecule has 2 aliphatic rings. The van der Waals surface area contributed by atoms with Crippen molar-refractivity contribution in [3.05, 3.63) is 59.3 Å². The van der Waals surface area contributed by atoms with Gasteiger partial charge in [0.1, 0.15) is 5.82 Å². The normalized spacial score (nSPS) is 18.3. The number of aryl methyl sites for hydroxylation is 1. The molecule has 1 aromatic carbocycles. The van der Waals surface area contributed by atoms with Gasteiger partial charge < -0.3 is 9.80 Å². The fourth-order valence-electron chi connectivity index (χ4n) is 4.24.